The summed E-state index contributed by atoms with van der Waals surface area (Å²) in [5.74, 6) is -3.50. The molecule has 0 fully saturated rings. The Morgan fingerprint density at radius 2 is 1.84 bits per heavy atom. The molecule has 1 aromatic heterocycles. The van der Waals surface area contributed by atoms with Crippen LogP contribution in [-0.2, 0) is 0 Å². The van der Waals surface area contributed by atoms with Gasteiger partial charge in [0.05, 0.1) is 0 Å². The minimum atomic E-state index is -5.10. The Morgan fingerprint density at radius 1 is 1.26 bits per heavy atom. The van der Waals surface area contributed by atoms with Gasteiger partial charge in [-0.1, -0.05) is 22.9 Å². The number of Topliss-reactive ketones (excluding diaryl/α,β-unsaturated/α-hetero) is 1. The lowest BCUT2D eigenvalue weighted by atomic mass is 10.2. The van der Waals surface area contributed by atoms with Crippen LogP contribution in [0.15, 0.2) is 28.7 Å². The van der Waals surface area contributed by atoms with Gasteiger partial charge in [-0.3, -0.25) is 4.79 Å². The minimum Gasteiger partial charge on any atom is -0.410 e. The third-order valence-corrected chi connectivity index (χ3v) is 3.42. The van der Waals surface area contributed by atoms with Crippen molar-refractivity contribution in [2.45, 2.75) is 6.18 Å². The molecule has 0 bridgehead atoms. The molecule has 0 aliphatic carbocycles. The summed E-state index contributed by atoms with van der Waals surface area (Å²) in [5.41, 5.74) is 0.368. The molecule has 0 N–H and O–H groups in total. The third-order valence-electron chi connectivity index (χ3n) is 2.11. The second-order valence-electron chi connectivity index (χ2n) is 3.44. The first-order chi connectivity index (χ1) is 8.79. The number of ketones is 1. The average molecular weight is 309 g/mol. The first kappa shape index (κ1) is 13.8. The zero-order valence-corrected chi connectivity index (χ0v) is 10.5. The highest BCUT2D eigenvalue weighted by Crippen LogP contribution is 2.37. The zero-order valence-electron chi connectivity index (χ0n) is 8.95. The number of carbonyl (C=O) groups is 1. The van der Waals surface area contributed by atoms with Gasteiger partial charge < -0.3 is 4.42 Å². The number of carbonyl (C=O) groups excluding carboxylic acids is 1. The van der Waals surface area contributed by atoms with Crippen LogP contribution < -0.4 is 5.11 Å². The smallest absolute Gasteiger partial charge is 0.410 e. The minimum absolute atomic E-state index is 0.0748. The summed E-state index contributed by atoms with van der Waals surface area (Å²) in [6.45, 7) is 0. The number of rotatable bonds is 2. The average Bonchev–Trinajstić information content (AvgIpc) is 2.70. The van der Waals surface area contributed by atoms with E-state index >= 15 is 0 Å². The molecule has 0 atom stereocenters. The normalized spacial score (nSPS) is 11.6. The maximum Gasteiger partial charge on any atom is 0.456 e. The SMILES string of the molecule is O=C(c1sc(-c2ccc(Cl)cc2)[o+]c1[O-])C(F)(F)F. The fourth-order valence-corrected chi connectivity index (χ4v) is 2.27. The van der Waals surface area contributed by atoms with Gasteiger partial charge in [0, 0.05) is 10.6 Å². The molecular weight excluding hydrogens is 305 g/mol. The van der Waals surface area contributed by atoms with Crippen LogP contribution in [0.2, 0.25) is 5.02 Å². The summed E-state index contributed by atoms with van der Waals surface area (Å²) in [6.07, 6.45) is -5.10. The molecule has 1 aromatic carbocycles. The van der Waals surface area contributed by atoms with Crippen molar-refractivity contribution >= 4 is 28.7 Å². The lowest BCUT2D eigenvalue weighted by molar-refractivity contribution is -0.294. The highest BCUT2D eigenvalue weighted by Gasteiger charge is 2.43. The molecule has 0 aliphatic heterocycles. The van der Waals surface area contributed by atoms with Gasteiger partial charge in [0.2, 0.25) is 0 Å². The maximum absolute atomic E-state index is 12.2. The van der Waals surface area contributed by atoms with Crippen LogP contribution in [0.3, 0.4) is 0 Å². The monoisotopic (exact) mass is 308 g/mol. The Labute approximate surface area is 113 Å². The first-order valence-electron chi connectivity index (χ1n) is 4.80. The Balaban J connectivity index is 2.42. The lowest BCUT2D eigenvalue weighted by Gasteiger charge is -2.00. The summed E-state index contributed by atoms with van der Waals surface area (Å²) >= 11 is 6.02. The quantitative estimate of drug-likeness (QED) is 0.627. The van der Waals surface area contributed by atoms with E-state index < -0.39 is 22.8 Å². The van der Waals surface area contributed by atoms with Crippen LogP contribution in [0.4, 0.5) is 13.2 Å². The van der Waals surface area contributed by atoms with Crippen molar-refractivity contribution in [2.24, 2.45) is 0 Å². The second kappa shape index (κ2) is 4.82. The standard InChI is InChI=1S/C11H4ClF3O3S/c12-6-3-1-5(2-4-6)10-18-9(17)7(19-10)8(16)11(13,14)15/h1-4H. The Kier molecular flexibility index (Phi) is 3.51. The van der Waals surface area contributed by atoms with E-state index in [0.717, 1.165) is 0 Å². The molecular formula is C11H4ClF3O3S. The van der Waals surface area contributed by atoms with Crippen molar-refractivity contribution in [3.8, 4) is 16.6 Å². The van der Waals surface area contributed by atoms with Crippen molar-refractivity contribution in [3.05, 3.63) is 34.2 Å². The van der Waals surface area contributed by atoms with E-state index in [4.69, 9.17) is 11.6 Å². The molecule has 3 nitrogen and oxygen atoms in total. The first-order valence-corrected chi connectivity index (χ1v) is 6.00. The Bertz CT molecular complexity index is 619. The van der Waals surface area contributed by atoms with Crippen molar-refractivity contribution in [3.63, 3.8) is 0 Å². The summed E-state index contributed by atoms with van der Waals surface area (Å²) in [4.78, 5) is 10.0. The molecule has 0 aliphatic rings. The molecule has 100 valence electrons. The topological polar surface area (TPSA) is 51.4 Å². The Morgan fingerprint density at radius 3 is 2.37 bits per heavy atom. The van der Waals surface area contributed by atoms with Crippen molar-refractivity contribution in [1.82, 2.24) is 0 Å². The van der Waals surface area contributed by atoms with Crippen LogP contribution in [0, 0.1) is 0 Å². The highest BCUT2D eigenvalue weighted by atomic mass is 35.5. The number of hydrogen-bond donors (Lipinski definition) is 0. The van der Waals surface area contributed by atoms with Gasteiger partial charge in [0.25, 0.3) is 5.78 Å². The highest BCUT2D eigenvalue weighted by molar-refractivity contribution is 7.17. The molecule has 0 spiro atoms. The van der Waals surface area contributed by atoms with Crippen LogP contribution >= 0.6 is 22.9 Å². The predicted molar refractivity (Wildman–Crippen MR) is 61.3 cm³/mol. The van der Waals surface area contributed by atoms with E-state index in [0.29, 0.717) is 21.9 Å². The van der Waals surface area contributed by atoms with Crippen LogP contribution in [-0.4, -0.2) is 12.0 Å². The summed E-state index contributed by atoms with van der Waals surface area (Å²) < 4.78 is 41.4. The van der Waals surface area contributed by atoms with Crippen molar-refractivity contribution in [2.75, 3.05) is 0 Å². The van der Waals surface area contributed by atoms with Gasteiger partial charge in [-0.2, -0.15) is 13.2 Å². The van der Waals surface area contributed by atoms with Crippen molar-refractivity contribution < 1.29 is 27.5 Å². The second-order valence-corrected chi connectivity index (χ2v) is 4.86. The van der Waals surface area contributed by atoms with Gasteiger partial charge in [-0.15, -0.1) is 0 Å². The van der Waals surface area contributed by atoms with Crippen LogP contribution in [0.5, 0.6) is 5.95 Å². The fraction of sp³-hybridized carbons (Fsp3) is 0.0909. The molecule has 19 heavy (non-hydrogen) atoms. The molecule has 8 heteroatoms. The van der Waals surface area contributed by atoms with Crippen molar-refractivity contribution in [1.29, 1.82) is 0 Å². The van der Waals surface area contributed by atoms with E-state index in [2.05, 4.69) is 4.42 Å². The van der Waals surface area contributed by atoms with E-state index in [9.17, 15) is 23.1 Å². The summed E-state index contributed by atoms with van der Waals surface area (Å²) in [6, 6.07) is 5.92. The van der Waals surface area contributed by atoms with E-state index in [1.807, 2.05) is 0 Å². The molecule has 0 unspecified atom stereocenters. The van der Waals surface area contributed by atoms with Gasteiger partial charge >= 0.3 is 12.1 Å². The maximum atomic E-state index is 12.2. The van der Waals surface area contributed by atoms with Gasteiger partial charge in [0.15, 0.2) is 9.95 Å². The number of hydrogen-bond acceptors (Lipinski definition) is 3. The molecule has 1 heterocycles. The van der Waals surface area contributed by atoms with Crippen LogP contribution in [0.25, 0.3) is 10.6 Å². The number of halogens is 4. The predicted octanol–water partition coefficient (Wildman–Crippen LogP) is 3.76. The molecule has 2 aromatic rings. The van der Waals surface area contributed by atoms with Gasteiger partial charge in [-0.25, -0.2) is 5.11 Å². The lowest BCUT2D eigenvalue weighted by Crippen LogP contribution is -2.22. The van der Waals surface area contributed by atoms with Gasteiger partial charge in [0.1, 0.15) is 0 Å². The molecule has 2 rings (SSSR count). The Hall–Kier alpha value is -1.60. The zero-order chi connectivity index (χ0) is 14.2. The molecule has 0 saturated carbocycles. The molecule has 0 amide bonds. The number of benzene rings is 1. The van der Waals surface area contributed by atoms with Gasteiger partial charge in [-0.05, 0) is 24.3 Å². The largest absolute Gasteiger partial charge is 0.456 e. The van der Waals surface area contributed by atoms with E-state index in [1.165, 1.54) is 24.3 Å². The third kappa shape index (κ3) is 2.87. The van der Waals surface area contributed by atoms with E-state index in [1.54, 1.807) is 0 Å². The number of alkyl halides is 3. The summed E-state index contributed by atoms with van der Waals surface area (Å²) in [7, 11) is 0. The van der Waals surface area contributed by atoms with Crippen LogP contribution in [0.1, 0.15) is 9.67 Å². The summed E-state index contributed by atoms with van der Waals surface area (Å²) in [5, 5.41) is 11.6. The fourth-order valence-electron chi connectivity index (χ4n) is 1.26. The molecule has 0 saturated heterocycles. The molecule has 0 radical (unpaired) electrons. The van der Waals surface area contributed by atoms with E-state index in [-0.39, 0.29) is 5.07 Å².